The van der Waals surface area contributed by atoms with E-state index in [1.807, 2.05) is 6.92 Å². The molecule has 0 aromatic heterocycles. The number of hydrogen-bond acceptors (Lipinski definition) is 6. The fraction of sp³-hybridized carbons (Fsp3) is 0.333. The molecule has 2 aromatic rings. The van der Waals surface area contributed by atoms with Crippen LogP contribution in [-0.2, 0) is 20.0 Å². The number of nitro groups is 1. The lowest BCUT2D eigenvalue weighted by molar-refractivity contribution is -0.387. The van der Waals surface area contributed by atoms with E-state index in [1.54, 1.807) is 12.1 Å². The molecule has 0 atom stereocenters. The van der Waals surface area contributed by atoms with Crippen molar-refractivity contribution in [3.8, 4) is 0 Å². The van der Waals surface area contributed by atoms with Crippen molar-refractivity contribution < 1.29 is 21.8 Å². The molecule has 2 aromatic carbocycles. The highest BCUT2D eigenvalue weighted by Crippen LogP contribution is 2.27. The van der Waals surface area contributed by atoms with Gasteiger partial charge in [-0.05, 0) is 31.5 Å². The SMILES string of the molecule is Cc1ccc(S(=O)(=O)N2CCCN(S(=O)(=O)c3ccccc3[N+](=O)[O-])CC2)cc1. The molecule has 0 spiro atoms. The Kier molecular flexibility index (Phi) is 6.03. The minimum absolute atomic E-state index is 0.0317. The predicted molar refractivity (Wildman–Crippen MR) is 106 cm³/mol. The monoisotopic (exact) mass is 439 g/mol. The maximum Gasteiger partial charge on any atom is 0.289 e. The van der Waals surface area contributed by atoms with E-state index in [0.29, 0.717) is 0 Å². The fourth-order valence-electron chi connectivity index (χ4n) is 3.18. The van der Waals surface area contributed by atoms with Crippen molar-refractivity contribution in [2.75, 3.05) is 26.2 Å². The smallest absolute Gasteiger partial charge is 0.258 e. The first kappa shape index (κ1) is 21.4. The molecule has 1 aliphatic heterocycles. The Balaban J connectivity index is 1.85. The summed E-state index contributed by atoms with van der Waals surface area (Å²) in [6.45, 7) is 1.98. The molecule has 0 amide bonds. The first-order valence-electron chi connectivity index (χ1n) is 8.94. The Hall–Kier alpha value is -2.34. The van der Waals surface area contributed by atoms with Gasteiger partial charge < -0.3 is 0 Å². The summed E-state index contributed by atoms with van der Waals surface area (Å²) in [4.78, 5) is 10.2. The Bertz CT molecular complexity index is 1110. The maximum absolute atomic E-state index is 13.0. The number of benzene rings is 2. The largest absolute Gasteiger partial charge is 0.289 e. The van der Waals surface area contributed by atoms with Gasteiger partial charge in [-0.3, -0.25) is 10.1 Å². The van der Waals surface area contributed by atoms with Gasteiger partial charge in [-0.15, -0.1) is 0 Å². The van der Waals surface area contributed by atoms with Gasteiger partial charge in [0.1, 0.15) is 0 Å². The molecule has 11 heteroatoms. The second kappa shape index (κ2) is 8.19. The first-order chi connectivity index (χ1) is 13.6. The average Bonchev–Trinajstić information content (AvgIpc) is 2.95. The van der Waals surface area contributed by atoms with E-state index < -0.39 is 30.7 Å². The topological polar surface area (TPSA) is 118 Å². The van der Waals surface area contributed by atoms with E-state index in [9.17, 15) is 26.9 Å². The van der Waals surface area contributed by atoms with Crippen molar-refractivity contribution in [1.29, 1.82) is 0 Å². The third-order valence-corrected chi connectivity index (χ3v) is 8.61. The van der Waals surface area contributed by atoms with Gasteiger partial charge >= 0.3 is 0 Å². The van der Waals surface area contributed by atoms with Crippen LogP contribution < -0.4 is 0 Å². The highest BCUT2D eigenvalue weighted by atomic mass is 32.2. The summed E-state index contributed by atoms with van der Waals surface area (Å²) in [6, 6.07) is 11.6. The minimum Gasteiger partial charge on any atom is -0.258 e. The van der Waals surface area contributed by atoms with Crippen LogP contribution in [0.3, 0.4) is 0 Å². The van der Waals surface area contributed by atoms with Crippen LogP contribution in [0, 0.1) is 17.0 Å². The summed E-state index contributed by atoms with van der Waals surface area (Å²) in [6.07, 6.45) is 0.283. The summed E-state index contributed by atoms with van der Waals surface area (Å²) in [5.74, 6) is 0. The highest BCUT2D eigenvalue weighted by Gasteiger charge is 2.34. The van der Waals surface area contributed by atoms with E-state index in [1.165, 1.54) is 34.6 Å². The Morgan fingerprint density at radius 1 is 0.828 bits per heavy atom. The normalized spacial score (nSPS) is 17.0. The zero-order valence-corrected chi connectivity index (χ0v) is 17.4. The van der Waals surface area contributed by atoms with Crippen LogP contribution in [0.1, 0.15) is 12.0 Å². The third kappa shape index (κ3) is 4.32. The van der Waals surface area contributed by atoms with Crippen molar-refractivity contribution in [3.05, 3.63) is 64.2 Å². The summed E-state index contributed by atoms with van der Waals surface area (Å²) in [5.41, 5.74) is 0.433. The molecule has 0 saturated carbocycles. The van der Waals surface area contributed by atoms with E-state index in [4.69, 9.17) is 0 Å². The molecule has 0 bridgehead atoms. The van der Waals surface area contributed by atoms with E-state index in [-0.39, 0.29) is 42.4 Å². The van der Waals surface area contributed by atoms with Crippen molar-refractivity contribution >= 4 is 25.7 Å². The van der Waals surface area contributed by atoms with Crippen molar-refractivity contribution in [3.63, 3.8) is 0 Å². The lowest BCUT2D eigenvalue weighted by atomic mass is 10.2. The molecule has 0 aliphatic carbocycles. The summed E-state index contributed by atoms with van der Waals surface area (Å²) >= 11 is 0. The van der Waals surface area contributed by atoms with Crippen LogP contribution in [0.4, 0.5) is 5.69 Å². The molecule has 1 heterocycles. The molecule has 0 N–H and O–H groups in total. The highest BCUT2D eigenvalue weighted by molar-refractivity contribution is 7.89. The molecular formula is C18H21N3O6S2. The fourth-order valence-corrected chi connectivity index (χ4v) is 6.27. The van der Waals surface area contributed by atoms with Gasteiger partial charge in [0.05, 0.1) is 9.82 Å². The predicted octanol–water partition coefficient (Wildman–Crippen LogP) is 1.99. The van der Waals surface area contributed by atoms with Gasteiger partial charge in [-0.1, -0.05) is 29.8 Å². The van der Waals surface area contributed by atoms with Crippen LogP contribution in [0.15, 0.2) is 58.3 Å². The Morgan fingerprint density at radius 2 is 1.38 bits per heavy atom. The molecule has 29 heavy (non-hydrogen) atoms. The molecule has 0 radical (unpaired) electrons. The van der Waals surface area contributed by atoms with Crippen LogP contribution in [0.2, 0.25) is 0 Å². The van der Waals surface area contributed by atoms with Crippen LogP contribution in [-0.4, -0.2) is 56.5 Å². The molecule has 0 unspecified atom stereocenters. The lowest BCUT2D eigenvalue weighted by Gasteiger charge is -2.21. The second-order valence-corrected chi connectivity index (χ2v) is 10.5. The lowest BCUT2D eigenvalue weighted by Crippen LogP contribution is -2.37. The quantitative estimate of drug-likeness (QED) is 0.519. The molecule has 9 nitrogen and oxygen atoms in total. The number of rotatable bonds is 5. The molecule has 1 aliphatic rings. The van der Waals surface area contributed by atoms with Gasteiger partial charge in [-0.2, -0.15) is 8.61 Å². The number of sulfonamides is 2. The number of hydrogen-bond donors (Lipinski definition) is 0. The van der Waals surface area contributed by atoms with E-state index >= 15 is 0 Å². The zero-order chi connectivity index (χ0) is 21.2. The van der Waals surface area contributed by atoms with E-state index in [2.05, 4.69) is 0 Å². The van der Waals surface area contributed by atoms with Gasteiger partial charge in [0.15, 0.2) is 4.90 Å². The maximum atomic E-state index is 13.0. The number of aryl methyl sites for hydroxylation is 1. The van der Waals surface area contributed by atoms with Crippen LogP contribution in [0.5, 0.6) is 0 Å². The molecule has 3 rings (SSSR count). The standard InChI is InChI=1S/C18H21N3O6S2/c1-15-7-9-16(10-8-15)28(24,25)19-11-4-12-20(14-13-19)29(26,27)18-6-3-2-5-17(18)21(22)23/h2-3,5-10H,4,11-14H2,1H3. The Labute approximate surface area is 169 Å². The minimum atomic E-state index is -4.13. The number of para-hydroxylation sites is 1. The van der Waals surface area contributed by atoms with Gasteiger partial charge in [0.2, 0.25) is 20.0 Å². The van der Waals surface area contributed by atoms with Crippen molar-refractivity contribution in [2.24, 2.45) is 0 Å². The third-order valence-electron chi connectivity index (χ3n) is 4.75. The van der Waals surface area contributed by atoms with Crippen LogP contribution in [0.25, 0.3) is 0 Å². The van der Waals surface area contributed by atoms with E-state index in [0.717, 1.165) is 15.9 Å². The second-order valence-electron chi connectivity index (χ2n) is 6.70. The summed E-state index contributed by atoms with van der Waals surface area (Å²) < 4.78 is 54.1. The molecular weight excluding hydrogens is 418 g/mol. The number of nitro benzene ring substituents is 1. The van der Waals surface area contributed by atoms with Crippen molar-refractivity contribution in [2.45, 2.75) is 23.1 Å². The molecule has 156 valence electrons. The number of nitrogens with zero attached hydrogens (tertiary/aromatic N) is 3. The zero-order valence-electron chi connectivity index (χ0n) is 15.8. The van der Waals surface area contributed by atoms with Gasteiger partial charge in [0.25, 0.3) is 5.69 Å². The first-order valence-corrected chi connectivity index (χ1v) is 11.8. The summed E-state index contributed by atoms with van der Waals surface area (Å²) in [7, 11) is -7.88. The van der Waals surface area contributed by atoms with Gasteiger partial charge in [-0.25, -0.2) is 16.8 Å². The van der Waals surface area contributed by atoms with Crippen LogP contribution >= 0.6 is 0 Å². The van der Waals surface area contributed by atoms with Crippen molar-refractivity contribution in [1.82, 2.24) is 8.61 Å². The molecule has 1 saturated heterocycles. The van der Waals surface area contributed by atoms with Gasteiger partial charge in [0, 0.05) is 32.2 Å². The average molecular weight is 440 g/mol. The Morgan fingerprint density at radius 3 is 1.97 bits per heavy atom. The molecule has 1 fully saturated rings. The summed E-state index contributed by atoms with van der Waals surface area (Å²) in [5, 5.41) is 11.2.